The zero-order valence-electron chi connectivity index (χ0n) is 11.7. The summed E-state index contributed by atoms with van der Waals surface area (Å²) in [5, 5.41) is 4.45. The lowest BCUT2D eigenvalue weighted by molar-refractivity contribution is 0.0607. The van der Waals surface area contributed by atoms with Gasteiger partial charge in [-0.15, -0.1) is 12.4 Å². The molecule has 0 aromatic heterocycles. The van der Waals surface area contributed by atoms with Crippen LogP contribution in [0.4, 0.5) is 0 Å². The zero-order valence-corrected chi connectivity index (χ0v) is 14.0. The van der Waals surface area contributed by atoms with E-state index in [2.05, 4.69) is 5.32 Å². The third kappa shape index (κ3) is 3.65. The van der Waals surface area contributed by atoms with Crippen molar-refractivity contribution in [1.82, 2.24) is 10.2 Å². The first-order valence-corrected chi connectivity index (χ1v) is 7.80. The average Bonchev–Trinajstić information content (AvgIpc) is 2.86. The third-order valence-corrected chi connectivity index (χ3v) is 4.99. The van der Waals surface area contributed by atoms with Crippen molar-refractivity contribution in [3.05, 3.63) is 33.8 Å². The predicted octanol–water partition coefficient (Wildman–Crippen LogP) is 3.63. The van der Waals surface area contributed by atoms with Crippen molar-refractivity contribution < 1.29 is 4.79 Å². The van der Waals surface area contributed by atoms with Crippen LogP contribution >= 0.6 is 35.6 Å². The molecule has 1 N–H and O–H groups in total. The van der Waals surface area contributed by atoms with Crippen molar-refractivity contribution in [2.45, 2.75) is 19.3 Å². The van der Waals surface area contributed by atoms with Gasteiger partial charge in [-0.3, -0.25) is 4.79 Å². The molecule has 1 spiro atoms. The molecule has 0 aliphatic carbocycles. The van der Waals surface area contributed by atoms with Gasteiger partial charge in [0.05, 0.1) is 0 Å². The van der Waals surface area contributed by atoms with Gasteiger partial charge in [0.25, 0.3) is 5.91 Å². The first-order chi connectivity index (χ1) is 9.58. The third-order valence-electron chi connectivity index (χ3n) is 4.55. The number of nitrogens with one attached hydrogen (secondary N) is 1. The standard InChI is InChI=1S/C15H18Cl2N2O.ClH/c16-12-7-11(8-13(17)9-12)14(20)19-5-2-15(3-6-19)1-4-18-10-15;/h7-9,18H,1-6,10H2;1H. The summed E-state index contributed by atoms with van der Waals surface area (Å²) in [6.45, 7) is 3.85. The van der Waals surface area contributed by atoms with Crippen molar-refractivity contribution in [3.63, 3.8) is 0 Å². The Balaban J connectivity index is 0.00000161. The molecule has 2 aliphatic rings. The Labute approximate surface area is 141 Å². The molecule has 0 unspecified atom stereocenters. The molecule has 0 bridgehead atoms. The summed E-state index contributed by atoms with van der Waals surface area (Å²) in [7, 11) is 0. The first kappa shape index (κ1) is 16.9. The van der Waals surface area contributed by atoms with Crippen LogP contribution in [0.15, 0.2) is 18.2 Å². The summed E-state index contributed by atoms with van der Waals surface area (Å²) in [6, 6.07) is 5.03. The lowest BCUT2D eigenvalue weighted by Gasteiger charge is -2.38. The smallest absolute Gasteiger partial charge is 0.253 e. The summed E-state index contributed by atoms with van der Waals surface area (Å²) in [5.41, 5.74) is 1.01. The van der Waals surface area contributed by atoms with Gasteiger partial charge >= 0.3 is 0 Å². The first-order valence-electron chi connectivity index (χ1n) is 7.04. The van der Waals surface area contributed by atoms with Crippen LogP contribution in [0, 0.1) is 5.41 Å². The van der Waals surface area contributed by atoms with Gasteiger partial charge in [-0.2, -0.15) is 0 Å². The molecule has 0 atom stereocenters. The molecule has 0 radical (unpaired) electrons. The fourth-order valence-corrected chi connectivity index (χ4v) is 3.79. The van der Waals surface area contributed by atoms with Crippen LogP contribution in [0.25, 0.3) is 0 Å². The maximum Gasteiger partial charge on any atom is 0.253 e. The Morgan fingerprint density at radius 3 is 2.24 bits per heavy atom. The Morgan fingerprint density at radius 2 is 1.71 bits per heavy atom. The maximum atomic E-state index is 12.5. The minimum atomic E-state index is 0. The van der Waals surface area contributed by atoms with E-state index >= 15 is 0 Å². The summed E-state index contributed by atoms with van der Waals surface area (Å²) < 4.78 is 0. The predicted molar refractivity (Wildman–Crippen MR) is 88.8 cm³/mol. The van der Waals surface area contributed by atoms with E-state index in [-0.39, 0.29) is 18.3 Å². The van der Waals surface area contributed by atoms with E-state index in [9.17, 15) is 4.79 Å². The topological polar surface area (TPSA) is 32.3 Å². The fraction of sp³-hybridized carbons (Fsp3) is 0.533. The van der Waals surface area contributed by atoms with Gasteiger partial charge in [-0.25, -0.2) is 0 Å². The van der Waals surface area contributed by atoms with E-state index in [1.807, 2.05) is 4.90 Å². The van der Waals surface area contributed by atoms with Crippen LogP contribution in [-0.2, 0) is 0 Å². The number of rotatable bonds is 1. The number of halogens is 3. The van der Waals surface area contributed by atoms with E-state index in [4.69, 9.17) is 23.2 Å². The van der Waals surface area contributed by atoms with Gasteiger partial charge in [0.1, 0.15) is 0 Å². The number of likely N-dealkylation sites (tertiary alicyclic amines) is 1. The molecule has 3 rings (SSSR count). The summed E-state index contributed by atoms with van der Waals surface area (Å²) >= 11 is 11.9. The highest BCUT2D eigenvalue weighted by atomic mass is 35.5. The molecule has 1 amide bonds. The second-order valence-corrected chi connectivity index (χ2v) is 6.75. The molecule has 2 aliphatic heterocycles. The van der Waals surface area contributed by atoms with E-state index in [0.29, 0.717) is 21.0 Å². The van der Waals surface area contributed by atoms with Crippen LogP contribution < -0.4 is 5.32 Å². The quantitative estimate of drug-likeness (QED) is 0.839. The number of piperidine rings is 1. The van der Waals surface area contributed by atoms with E-state index in [1.165, 1.54) is 6.42 Å². The number of hydrogen-bond donors (Lipinski definition) is 1. The van der Waals surface area contributed by atoms with Crippen molar-refractivity contribution in [1.29, 1.82) is 0 Å². The number of hydrogen-bond acceptors (Lipinski definition) is 2. The van der Waals surface area contributed by atoms with Crippen LogP contribution in [0.5, 0.6) is 0 Å². The van der Waals surface area contributed by atoms with E-state index in [0.717, 1.165) is 39.0 Å². The maximum absolute atomic E-state index is 12.5. The molecule has 116 valence electrons. The van der Waals surface area contributed by atoms with Crippen LogP contribution in [-0.4, -0.2) is 37.0 Å². The molecule has 0 saturated carbocycles. The van der Waals surface area contributed by atoms with Crippen molar-refractivity contribution in [3.8, 4) is 0 Å². The molecule has 1 aromatic rings. The zero-order chi connectivity index (χ0) is 14.2. The van der Waals surface area contributed by atoms with Crippen molar-refractivity contribution >= 4 is 41.5 Å². The molecular formula is C15H19Cl3N2O. The van der Waals surface area contributed by atoms with Gasteiger partial charge in [0.15, 0.2) is 0 Å². The monoisotopic (exact) mass is 348 g/mol. The van der Waals surface area contributed by atoms with Crippen LogP contribution in [0.2, 0.25) is 10.0 Å². The molecule has 1 aromatic carbocycles. The number of amides is 1. The average molecular weight is 350 g/mol. The number of benzene rings is 1. The summed E-state index contributed by atoms with van der Waals surface area (Å²) in [6.07, 6.45) is 3.40. The molecular weight excluding hydrogens is 331 g/mol. The Bertz CT molecular complexity index is 499. The van der Waals surface area contributed by atoms with Crippen LogP contribution in [0.1, 0.15) is 29.6 Å². The Morgan fingerprint density at radius 1 is 1.10 bits per heavy atom. The fourth-order valence-electron chi connectivity index (χ4n) is 3.27. The minimum Gasteiger partial charge on any atom is -0.339 e. The van der Waals surface area contributed by atoms with Gasteiger partial charge in [0, 0.05) is 35.2 Å². The highest BCUT2D eigenvalue weighted by Crippen LogP contribution is 2.37. The molecule has 2 fully saturated rings. The lowest BCUT2D eigenvalue weighted by Crippen LogP contribution is -2.44. The molecule has 6 heteroatoms. The molecule has 3 nitrogen and oxygen atoms in total. The molecule has 21 heavy (non-hydrogen) atoms. The minimum absolute atomic E-state index is 0. The Hall–Kier alpha value is -0.480. The van der Waals surface area contributed by atoms with E-state index in [1.54, 1.807) is 18.2 Å². The number of carbonyl (C=O) groups excluding carboxylic acids is 1. The number of nitrogens with zero attached hydrogens (tertiary/aromatic N) is 1. The SMILES string of the molecule is Cl.O=C(c1cc(Cl)cc(Cl)c1)N1CCC2(CCNC2)CC1. The highest BCUT2D eigenvalue weighted by molar-refractivity contribution is 6.35. The summed E-state index contributed by atoms with van der Waals surface area (Å²) in [5.74, 6) is 0.0372. The molecule has 2 saturated heterocycles. The van der Waals surface area contributed by atoms with E-state index < -0.39 is 0 Å². The normalized spacial score (nSPS) is 20.4. The second kappa shape index (κ2) is 6.74. The van der Waals surface area contributed by atoms with Gasteiger partial charge in [-0.05, 0) is 49.4 Å². The van der Waals surface area contributed by atoms with Crippen LogP contribution in [0.3, 0.4) is 0 Å². The van der Waals surface area contributed by atoms with Gasteiger partial charge < -0.3 is 10.2 Å². The Kier molecular flexibility index (Phi) is 5.42. The van der Waals surface area contributed by atoms with Gasteiger partial charge in [-0.1, -0.05) is 23.2 Å². The largest absolute Gasteiger partial charge is 0.339 e. The molecule has 2 heterocycles. The van der Waals surface area contributed by atoms with Gasteiger partial charge in [0.2, 0.25) is 0 Å². The van der Waals surface area contributed by atoms with Crippen molar-refractivity contribution in [2.24, 2.45) is 5.41 Å². The highest BCUT2D eigenvalue weighted by Gasteiger charge is 2.38. The lowest BCUT2D eigenvalue weighted by atomic mass is 9.78. The second-order valence-electron chi connectivity index (χ2n) is 5.88. The number of carbonyl (C=O) groups is 1. The summed E-state index contributed by atoms with van der Waals surface area (Å²) in [4.78, 5) is 14.4. The van der Waals surface area contributed by atoms with Crippen molar-refractivity contribution in [2.75, 3.05) is 26.2 Å².